The van der Waals surface area contributed by atoms with E-state index in [9.17, 15) is 247 Å². The molecule has 0 aliphatic carbocycles. The molecule has 60 heteroatoms. The second-order valence-corrected chi connectivity index (χ2v) is 18.9. The molecular formula is C24H6F52O6P2. The number of alkyl halides is 52. The van der Waals surface area contributed by atoms with Crippen LogP contribution in [0.1, 0.15) is 0 Å². The van der Waals surface area contributed by atoms with Crippen molar-refractivity contribution in [1.82, 2.24) is 0 Å². The van der Waals surface area contributed by atoms with E-state index in [1.807, 2.05) is 0 Å². The summed E-state index contributed by atoms with van der Waals surface area (Å²) < 4.78 is 693. The van der Waals surface area contributed by atoms with E-state index in [-0.39, 0.29) is 11.0 Å². The molecule has 0 aliphatic heterocycles. The summed E-state index contributed by atoms with van der Waals surface area (Å²) in [6.07, 6.45) is -32.8. The molecule has 84 heavy (non-hydrogen) atoms. The number of halogens is 52. The van der Waals surface area contributed by atoms with Gasteiger partial charge in [0, 0.05) is 0 Å². The minimum atomic E-state index is -11.0. The van der Waals surface area contributed by atoms with E-state index in [1.165, 1.54) is 0 Å². The van der Waals surface area contributed by atoms with Gasteiger partial charge < -0.3 is 29.9 Å². The molecule has 0 spiro atoms. The predicted octanol–water partition coefficient (Wildman–Crippen LogP) is 14.2. The van der Waals surface area contributed by atoms with Gasteiger partial charge in [-0.1, -0.05) is 0 Å². The molecule has 6 N–H and O–H groups in total. The quantitative estimate of drug-likeness (QED) is 0.0678. The highest BCUT2D eigenvalue weighted by Crippen LogP contribution is 2.80. The van der Waals surface area contributed by atoms with Crippen molar-refractivity contribution < 1.29 is 258 Å². The van der Waals surface area contributed by atoms with Crippen LogP contribution in [0.25, 0.3) is 0 Å². The van der Waals surface area contributed by atoms with E-state index >= 15 is 0 Å². The summed E-state index contributed by atoms with van der Waals surface area (Å²) in [6.45, 7) is 0. The molecule has 0 aromatic carbocycles. The second kappa shape index (κ2) is 21.1. The van der Waals surface area contributed by atoms with Crippen LogP contribution < -0.4 is 9.79 Å². The normalized spacial score (nSPS) is 16.8. The summed E-state index contributed by atoms with van der Waals surface area (Å²) in [6, 6.07) is 0. The molecule has 0 aromatic rings. The standard InChI is InChI=1S/2C12HF26O2P.2H2O/c2*13-1(14,5(21,22)9(29,30)31)3(17,18)7(25,26)11(35,36)41(39,40)12(37,38)8(27,28)4(19,20)2(15,16)6(23,24)10(32,33)34;;/h2*(H,39,40);2*1H2. The van der Waals surface area contributed by atoms with Crippen molar-refractivity contribution in [1.29, 1.82) is 0 Å². The van der Waals surface area contributed by atoms with Gasteiger partial charge in [-0.25, -0.2) is 0 Å². The van der Waals surface area contributed by atoms with Crippen LogP contribution in [0.15, 0.2) is 0 Å². The molecule has 0 saturated heterocycles. The van der Waals surface area contributed by atoms with Crippen LogP contribution in [-0.2, 0) is 20.1 Å². The third kappa shape index (κ3) is 10.5. The smallest absolute Gasteiger partial charge is 0.460 e. The van der Waals surface area contributed by atoms with Crippen molar-refractivity contribution in [3.63, 3.8) is 0 Å². The Morgan fingerprint density at radius 2 is 0.226 bits per heavy atom. The average Bonchev–Trinajstić information content (AvgIpc) is 3.20. The van der Waals surface area contributed by atoms with Crippen molar-refractivity contribution in [2.24, 2.45) is 0 Å². The second-order valence-electron chi connectivity index (χ2n) is 14.4. The van der Waals surface area contributed by atoms with Crippen LogP contribution in [0.5, 0.6) is 0 Å². The lowest BCUT2D eigenvalue weighted by Crippen LogP contribution is -2.73. The highest BCUT2D eigenvalue weighted by atomic mass is 31.2. The van der Waals surface area contributed by atoms with Gasteiger partial charge >= 0.3 is 142 Å². The molecule has 0 atom stereocenters. The molecule has 0 fully saturated rings. The molecule has 0 unspecified atom stereocenters. The van der Waals surface area contributed by atoms with Gasteiger partial charge in [0.15, 0.2) is 14.7 Å². The fourth-order valence-corrected chi connectivity index (χ4v) is 6.88. The maximum atomic E-state index is 13.6. The predicted molar refractivity (Wildman–Crippen MR) is 148 cm³/mol. The van der Waals surface area contributed by atoms with E-state index in [0.29, 0.717) is 0 Å². The number of rotatable bonds is 20. The van der Waals surface area contributed by atoms with Crippen LogP contribution >= 0.6 is 14.7 Å². The zero-order chi connectivity index (χ0) is 69.0. The number of hydrogen-bond donors (Lipinski definition) is 0. The van der Waals surface area contributed by atoms with Gasteiger partial charge in [-0.3, -0.25) is 0 Å². The monoisotopic (exact) mass is 1440 g/mol. The molecular weight excluding hydrogens is 1430 g/mol. The lowest BCUT2D eigenvalue weighted by molar-refractivity contribution is -0.441. The zero-order valence-electron chi connectivity index (χ0n) is 35.3. The minimum Gasteiger partial charge on any atom is -0.791 e. The highest BCUT2D eigenvalue weighted by molar-refractivity contribution is 7.59. The molecule has 0 rings (SSSR count). The Bertz CT molecular complexity index is 2080. The Labute approximate surface area is 416 Å². The summed E-state index contributed by atoms with van der Waals surface area (Å²) in [5.41, 5.74) is -37.8. The third-order valence-electron chi connectivity index (χ3n) is 9.15. The SMILES string of the molecule is O=P([O-])(C(F)(F)C(F)(F)C(F)(F)C(F)(F)C(F)(F)C(F)(F)F)C(F)(F)C(F)(F)C(F)(F)C(F)(F)C(F)(F)C(F)(F)F.O=P([O-])(C(F)(F)C(F)(F)C(F)(F)C(F)(F)C(F)(F)C(F)(F)F)C(F)(F)C(F)(F)C(F)(F)C(F)(F)C(F)(F)C(F)(F)F.[OH3+].[OH3+]. The van der Waals surface area contributed by atoms with Crippen molar-refractivity contribution in [2.75, 3.05) is 0 Å². The summed E-state index contributed by atoms with van der Waals surface area (Å²) >= 11 is 0. The third-order valence-corrected chi connectivity index (χ3v) is 13.2. The first-order chi connectivity index (χ1) is 34.0. The van der Waals surface area contributed by atoms with Gasteiger partial charge in [-0.2, -0.15) is 228 Å². The Balaban J connectivity index is -0.000000744. The van der Waals surface area contributed by atoms with Gasteiger partial charge in [0.05, 0.1) is 0 Å². The molecule has 0 amide bonds. The van der Waals surface area contributed by atoms with Crippen LogP contribution in [0, 0.1) is 0 Å². The fourth-order valence-electron chi connectivity index (χ4n) is 4.14. The van der Waals surface area contributed by atoms with E-state index in [1.54, 1.807) is 0 Å². The van der Waals surface area contributed by atoms with Crippen molar-refractivity contribution in [2.45, 2.75) is 142 Å². The molecule has 0 saturated carbocycles. The fraction of sp³-hybridized carbons (Fsp3) is 1.00. The molecule has 0 aliphatic rings. The Morgan fingerprint density at radius 3 is 0.298 bits per heavy atom. The lowest BCUT2D eigenvalue weighted by atomic mass is 9.98. The van der Waals surface area contributed by atoms with Crippen molar-refractivity contribution >= 4 is 14.7 Å². The van der Waals surface area contributed by atoms with Crippen LogP contribution in [-0.4, -0.2) is 142 Å². The van der Waals surface area contributed by atoms with E-state index in [2.05, 4.69) is 0 Å². The van der Waals surface area contributed by atoms with E-state index in [0.717, 1.165) is 0 Å². The largest absolute Gasteiger partial charge is 0.791 e. The molecule has 6 nitrogen and oxygen atoms in total. The van der Waals surface area contributed by atoms with Gasteiger partial charge in [0.2, 0.25) is 0 Å². The van der Waals surface area contributed by atoms with E-state index in [4.69, 9.17) is 0 Å². The first-order valence-corrected chi connectivity index (χ1v) is 19.7. The van der Waals surface area contributed by atoms with Gasteiger partial charge in [0.1, 0.15) is 0 Å². The average molecular weight is 1440 g/mol. The van der Waals surface area contributed by atoms with Crippen molar-refractivity contribution in [3.8, 4) is 0 Å². The Kier molecular flexibility index (Phi) is 21.9. The molecule has 0 bridgehead atoms. The lowest BCUT2D eigenvalue weighted by Gasteiger charge is -2.48. The first-order valence-electron chi connectivity index (χ1n) is 16.5. The summed E-state index contributed by atoms with van der Waals surface area (Å²) in [5, 5.41) is 0. The number of hydrogen-bond acceptors (Lipinski definition) is 4. The van der Waals surface area contributed by atoms with Gasteiger partial charge in [-0.15, -0.1) is 0 Å². The zero-order valence-corrected chi connectivity index (χ0v) is 37.1. The summed E-state index contributed by atoms with van der Waals surface area (Å²) in [4.78, 5) is 22.0. The van der Waals surface area contributed by atoms with Crippen LogP contribution in [0.2, 0.25) is 0 Å². The van der Waals surface area contributed by atoms with Crippen LogP contribution in [0.3, 0.4) is 0 Å². The van der Waals surface area contributed by atoms with Crippen LogP contribution in [0.4, 0.5) is 228 Å². The topological polar surface area (TPSA) is 146 Å². The van der Waals surface area contributed by atoms with Crippen molar-refractivity contribution in [3.05, 3.63) is 0 Å². The Morgan fingerprint density at radius 1 is 0.155 bits per heavy atom. The maximum Gasteiger partial charge on any atom is 0.460 e. The maximum absolute atomic E-state index is 13.6. The first kappa shape index (κ1) is 87.1. The summed E-state index contributed by atoms with van der Waals surface area (Å²) in [7, 11) is -21.9. The highest BCUT2D eigenvalue weighted by Gasteiger charge is 2.99. The molecule has 512 valence electrons. The van der Waals surface area contributed by atoms with E-state index < -0.39 is 157 Å². The minimum absolute atomic E-state index is 0. The van der Waals surface area contributed by atoms with Gasteiger partial charge in [-0.05, 0) is 0 Å². The van der Waals surface area contributed by atoms with Gasteiger partial charge in [0.25, 0.3) is 0 Å². The molecule has 0 heterocycles. The molecule has 0 radical (unpaired) electrons. The summed E-state index contributed by atoms with van der Waals surface area (Å²) in [5.74, 6) is -147. The molecule has 0 aromatic heterocycles. The Hall–Kier alpha value is -3.34.